The number of morpholine rings is 1. The predicted molar refractivity (Wildman–Crippen MR) is 122 cm³/mol. The molecule has 3 aromatic rings. The average molecular weight is 476 g/mol. The van der Waals surface area contributed by atoms with E-state index in [1.165, 1.54) is 39.9 Å². The van der Waals surface area contributed by atoms with E-state index in [1.807, 2.05) is 43.7 Å². The predicted octanol–water partition coefficient (Wildman–Crippen LogP) is 2.79. The summed E-state index contributed by atoms with van der Waals surface area (Å²) in [4.78, 5) is 17.7. The first-order chi connectivity index (χ1) is 15.2. The maximum absolute atomic E-state index is 13.0. The summed E-state index contributed by atoms with van der Waals surface area (Å²) in [6.07, 6.45) is -0.342. The Morgan fingerprint density at radius 3 is 2.41 bits per heavy atom. The lowest BCUT2D eigenvalue weighted by Gasteiger charge is -2.34. The van der Waals surface area contributed by atoms with Crippen molar-refractivity contribution in [3.05, 3.63) is 52.8 Å². The number of thiazole rings is 1. The van der Waals surface area contributed by atoms with Crippen molar-refractivity contribution in [1.29, 1.82) is 0 Å². The van der Waals surface area contributed by atoms with Gasteiger partial charge in [-0.25, -0.2) is 8.42 Å². The highest BCUT2D eigenvalue weighted by molar-refractivity contribution is 7.89. The number of sulfonamides is 1. The van der Waals surface area contributed by atoms with Gasteiger partial charge in [-0.3, -0.25) is 4.79 Å². The third-order valence-electron chi connectivity index (χ3n) is 5.34. The number of benzene rings is 2. The van der Waals surface area contributed by atoms with Crippen LogP contribution in [-0.4, -0.2) is 55.6 Å². The largest absolute Gasteiger partial charge is 0.497 e. The van der Waals surface area contributed by atoms with Gasteiger partial charge >= 0.3 is 0 Å². The van der Waals surface area contributed by atoms with Crippen molar-refractivity contribution in [3.63, 3.8) is 0 Å². The summed E-state index contributed by atoms with van der Waals surface area (Å²) in [5, 5.41) is 0. The highest BCUT2D eigenvalue weighted by Crippen LogP contribution is 2.23. The Morgan fingerprint density at radius 1 is 1.12 bits per heavy atom. The monoisotopic (exact) mass is 475 g/mol. The molecule has 4 rings (SSSR count). The lowest BCUT2D eigenvalue weighted by Crippen LogP contribution is -2.48. The first kappa shape index (κ1) is 22.7. The van der Waals surface area contributed by atoms with Crippen LogP contribution in [0.1, 0.15) is 24.2 Å². The molecule has 2 aromatic carbocycles. The normalized spacial score (nSPS) is 20.6. The number of ether oxygens (including phenoxy) is 2. The topological polar surface area (TPSA) is 90.2 Å². The van der Waals surface area contributed by atoms with Gasteiger partial charge in [-0.15, -0.1) is 0 Å². The van der Waals surface area contributed by atoms with Gasteiger partial charge in [0, 0.05) is 25.7 Å². The third-order valence-corrected chi connectivity index (χ3v) is 8.28. The van der Waals surface area contributed by atoms with Crippen LogP contribution in [0, 0.1) is 0 Å². The number of methoxy groups -OCH3 is 1. The van der Waals surface area contributed by atoms with Gasteiger partial charge in [-0.1, -0.05) is 11.3 Å². The summed E-state index contributed by atoms with van der Waals surface area (Å²) in [6, 6.07) is 11.6. The van der Waals surface area contributed by atoms with Crippen LogP contribution in [0.4, 0.5) is 0 Å². The van der Waals surface area contributed by atoms with Gasteiger partial charge in [-0.2, -0.15) is 9.30 Å². The van der Waals surface area contributed by atoms with Crippen LogP contribution >= 0.6 is 11.3 Å². The summed E-state index contributed by atoms with van der Waals surface area (Å²) in [7, 11) is -0.213. The van der Waals surface area contributed by atoms with Gasteiger partial charge in [0.05, 0.1) is 34.4 Å². The fourth-order valence-corrected chi connectivity index (χ4v) is 6.38. The van der Waals surface area contributed by atoms with Gasteiger partial charge in [0.2, 0.25) is 10.0 Å². The van der Waals surface area contributed by atoms with E-state index in [9.17, 15) is 13.2 Å². The van der Waals surface area contributed by atoms with Gasteiger partial charge in [0.1, 0.15) is 5.75 Å². The minimum absolute atomic E-state index is 0.148. The van der Waals surface area contributed by atoms with E-state index >= 15 is 0 Å². The third kappa shape index (κ3) is 4.36. The number of amides is 1. The summed E-state index contributed by atoms with van der Waals surface area (Å²) >= 11 is 1.38. The number of nitrogens with zero attached hydrogens (tertiary/aromatic N) is 3. The van der Waals surface area contributed by atoms with E-state index < -0.39 is 15.9 Å². The first-order valence-electron chi connectivity index (χ1n) is 10.2. The molecule has 170 valence electrons. The Hall–Kier alpha value is -2.53. The standard InChI is InChI=1S/C22H25N3O5S2/c1-14-12-25(13-15(2)30-14)32(27,28)18-8-5-16(6-9-18)21(26)23-22-24(3)19-10-7-17(29-4)11-20(19)31-22/h5-11,14-15H,12-13H2,1-4H3/t14-,15-/m1/s1. The van der Waals surface area contributed by atoms with Gasteiger partial charge < -0.3 is 14.0 Å². The Kier molecular flexibility index (Phi) is 6.22. The SMILES string of the molecule is COc1ccc2c(c1)sc(=NC(=O)c1ccc(S(=O)(=O)N3C[C@@H](C)O[C@H](C)C3)cc1)n2C. The number of hydrogen-bond acceptors (Lipinski definition) is 6. The molecule has 0 unspecified atom stereocenters. The summed E-state index contributed by atoms with van der Waals surface area (Å²) in [6.45, 7) is 4.31. The Bertz CT molecular complexity index is 1320. The van der Waals surface area contributed by atoms with Crippen molar-refractivity contribution in [2.24, 2.45) is 12.0 Å². The molecule has 2 heterocycles. The maximum Gasteiger partial charge on any atom is 0.279 e. The fraction of sp³-hybridized carbons (Fsp3) is 0.364. The van der Waals surface area contributed by atoms with E-state index in [1.54, 1.807) is 7.11 Å². The quantitative estimate of drug-likeness (QED) is 0.579. The molecule has 1 aromatic heterocycles. The maximum atomic E-state index is 13.0. The van der Waals surface area contributed by atoms with E-state index in [-0.39, 0.29) is 17.1 Å². The smallest absolute Gasteiger partial charge is 0.279 e. The molecule has 10 heteroatoms. The minimum atomic E-state index is -3.66. The van der Waals surface area contributed by atoms with Gasteiger partial charge in [0.25, 0.3) is 5.91 Å². The van der Waals surface area contributed by atoms with Crippen LogP contribution in [-0.2, 0) is 21.8 Å². The number of hydrogen-bond donors (Lipinski definition) is 0. The summed E-state index contributed by atoms with van der Waals surface area (Å²) < 4.78 is 41.1. The second-order valence-corrected chi connectivity index (χ2v) is 10.7. The Labute approximate surface area is 190 Å². The number of aryl methyl sites for hydroxylation is 1. The molecule has 1 aliphatic rings. The molecule has 0 N–H and O–H groups in total. The second kappa shape index (κ2) is 8.78. The van der Waals surface area contributed by atoms with E-state index in [0.717, 1.165) is 16.0 Å². The van der Waals surface area contributed by atoms with Crippen molar-refractivity contribution in [3.8, 4) is 5.75 Å². The molecule has 1 fully saturated rings. The minimum Gasteiger partial charge on any atom is -0.497 e. The molecular weight excluding hydrogens is 450 g/mol. The van der Waals surface area contributed by atoms with Crippen LogP contribution in [0.25, 0.3) is 10.2 Å². The number of carbonyl (C=O) groups excluding carboxylic acids is 1. The first-order valence-corrected chi connectivity index (χ1v) is 12.4. The molecule has 1 saturated heterocycles. The number of fused-ring (bicyclic) bond motifs is 1. The van der Waals surface area contributed by atoms with E-state index in [2.05, 4.69) is 4.99 Å². The molecular formula is C22H25N3O5S2. The second-order valence-electron chi connectivity index (χ2n) is 7.80. The Morgan fingerprint density at radius 2 is 1.78 bits per heavy atom. The fourth-order valence-electron chi connectivity index (χ4n) is 3.74. The van der Waals surface area contributed by atoms with Crippen molar-refractivity contribution >= 4 is 37.5 Å². The molecule has 0 bridgehead atoms. The van der Waals surface area contributed by atoms with Crippen molar-refractivity contribution in [1.82, 2.24) is 8.87 Å². The number of rotatable bonds is 4. The molecule has 0 aliphatic carbocycles. The van der Waals surface area contributed by atoms with Crippen LogP contribution < -0.4 is 9.54 Å². The molecule has 32 heavy (non-hydrogen) atoms. The zero-order valence-electron chi connectivity index (χ0n) is 18.3. The van der Waals surface area contributed by atoms with Crippen LogP contribution in [0.2, 0.25) is 0 Å². The lowest BCUT2D eigenvalue weighted by atomic mass is 10.2. The van der Waals surface area contributed by atoms with Crippen LogP contribution in [0.5, 0.6) is 5.75 Å². The molecule has 1 aliphatic heterocycles. The number of carbonyl (C=O) groups is 1. The highest BCUT2D eigenvalue weighted by Gasteiger charge is 2.32. The molecule has 2 atom stereocenters. The molecule has 0 radical (unpaired) electrons. The zero-order chi connectivity index (χ0) is 23.0. The molecule has 0 spiro atoms. The lowest BCUT2D eigenvalue weighted by molar-refractivity contribution is -0.0440. The zero-order valence-corrected chi connectivity index (χ0v) is 19.9. The Balaban J connectivity index is 1.60. The molecule has 8 nitrogen and oxygen atoms in total. The summed E-state index contributed by atoms with van der Waals surface area (Å²) in [5.41, 5.74) is 1.26. The average Bonchev–Trinajstić information content (AvgIpc) is 3.07. The molecule has 0 saturated carbocycles. The number of aromatic nitrogens is 1. The van der Waals surface area contributed by atoms with Crippen molar-refractivity contribution < 1.29 is 22.7 Å². The highest BCUT2D eigenvalue weighted by atomic mass is 32.2. The summed E-state index contributed by atoms with van der Waals surface area (Å²) in [5.74, 6) is 0.301. The van der Waals surface area contributed by atoms with Crippen LogP contribution in [0.15, 0.2) is 52.4 Å². The van der Waals surface area contributed by atoms with Gasteiger partial charge in [-0.05, 0) is 56.3 Å². The van der Waals surface area contributed by atoms with Gasteiger partial charge in [0.15, 0.2) is 4.80 Å². The van der Waals surface area contributed by atoms with Crippen molar-refractivity contribution in [2.75, 3.05) is 20.2 Å². The molecule has 1 amide bonds. The van der Waals surface area contributed by atoms with E-state index in [0.29, 0.717) is 23.5 Å². The van der Waals surface area contributed by atoms with E-state index in [4.69, 9.17) is 9.47 Å². The van der Waals surface area contributed by atoms with Crippen molar-refractivity contribution in [2.45, 2.75) is 31.0 Å². The van der Waals surface area contributed by atoms with Crippen LogP contribution in [0.3, 0.4) is 0 Å².